The SMILES string of the molecule is COc1ccc(C2CCCCCN2C(=O)Nc2cc(C)nn2C)cc1. The fourth-order valence-corrected chi connectivity index (χ4v) is 3.43. The van der Waals surface area contributed by atoms with Crippen molar-refractivity contribution in [3.63, 3.8) is 0 Å². The summed E-state index contributed by atoms with van der Waals surface area (Å²) in [5.41, 5.74) is 2.04. The Morgan fingerprint density at radius 2 is 2.00 bits per heavy atom. The number of carbonyl (C=O) groups excluding carboxylic acids is 1. The van der Waals surface area contributed by atoms with Crippen molar-refractivity contribution in [1.82, 2.24) is 14.7 Å². The van der Waals surface area contributed by atoms with Gasteiger partial charge in [-0.25, -0.2) is 4.79 Å². The van der Waals surface area contributed by atoms with Crippen molar-refractivity contribution < 1.29 is 9.53 Å². The molecule has 3 rings (SSSR count). The van der Waals surface area contributed by atoms with Gasteiger partial charge in [0.05, 0.1) is 18.8 Å². The third-order valence-electron chi connectivity index (χ3n) is 4.75. The number of ether oxygens (including phenoxy) is 1. The van der Waals surface area contributed by atoms with Crippen molar-refractivity contribution in [2.24, 2.45) is 7.05 Å². The van der Waals surface area contributed by atoms with Crippen molar-refractivity contribution in [2.75, 3.05) is 19.0 Å². The largest absolute Gasteiger partial charge is 0.497 e. The van der Waals surface area contributed by atoms with Crippen LogP contribution < -0.4 is 10.1 Å². The molecule has 1 saturated heterocycles. The van der Waals surface area contributed by atoms with Crippen molar-refractivity contribution in [3.8, 4) is 5.75 Å². The van der Waals surface area contributed by atoms with Crippen LogP contribution in [0.5, 0.6) is 5.75 Å². The van der Waals surface area contributed by atoms with Gasteiger partial charge in [-0.05, 0) is 37.5 Å². The molecule has 1 aliphatic rings. The standard InChI is InChI=1S/C19H26N4O2/c1-14-13-18(22(2)21-14)20-19(24)23-12-6-4-5-7-17(23)15-8-10-16(25-3)11-9-15/h8-11,13,17H,4-7,12H2,1-3H3,(H,20,24). The molecule has 2 amide bonds. The van der Waals surface area contributed by atoms with Gasteiger partial charge < -0.3 is 9.64 Å². The van der Waals surface area contributed by atoms with Crippen LogP contribution in [0, 0.1) is 6.92 Å². The highest BCUT2D eigenvalue weighted by molar-refractivity contribution is 5.88. The summed E-state index contributed by atoms with van der Waals surface area (Å²) in [5, 5.41) is 7.31. The minimum absolute atomic E-state index is 0.0641. The van der Waals surface area contributed by atoms with E-state index in [1.807, 2.05) is 37.1 Å². The fraction of sp³-hybridized carbons (Fsp3) is 0.474. The minimum atomic E-state index is -0.0641. The molecule has 6 heteroatoms. The number of benzene rings is 1. The van der Waals surface area contributed by atoms with Gasteiger partial charge in [0.1, 0.15) is 11.6 Å². The van der Waals surface area contributed by atoms with Crippen LogP contribution in [0.25, 0.3) is 0 Å². The molecular formula is C19H26N4O2. The molecular weight excluding hydrogens is 316 g/mol. The molecule has 2 aromatic rings. The summed E-state index contributed by atoms with van der Waals surface area (Å²) in [4.78, 5) is 14.9. The molecule has 1 aromatic carbocycles. The number of urea groups is 1. The highest BCUT2D eigenvalue weighted by Crippen LogP contribution is 2.31. The van der Waals surface area contributed by atoms with Gasteiger partial charge in [-0.2, -0.15) is 5.10 Å². The van der Waals surface area contributed by atoms with Gasteiger partial charge in [0, 0.05) is 19.7 Å². The molecule has 1 unspecified atom stereocenters. The highest BCUT2D eigenvalue weighted by atomic mass is 16.5. The molecule has 0 spiro atoms. The van der Waals surface area contributed by atoms with Crippen molar-refractivity contribution in [3.05, 3.63) is 41.6 Å². The number of nitrogens with zero attached hydrogens (tertiary/aromatic N) is 3. The molecule has 1 fully saturated rings. The lowest BCUT2D eigenvalue weighted by Gasteiger charge is -2.30. The first-order chi connectivity index (χ1) is 12.1. The molecule has 1 aromatic heterocycles. The Kier molecular flexibility index (Phi) is 5.26. The number of hydrogen-bond acceptors (Lipinski definition) is 3. The Labute approximate surface area is 148 Å². The third-order valence-corrected chi connectivity index (χ3v) is 4.75. The Bertz CT molecular complexity index is 724. The number of hydrogen-bond donors (Lipinski definition) is 1. The van der Waals surface area contributed by atoms with E-state index in [1.54, 1.807) is 11.8 Å². The van der Waals surface area contributed by atoms with Crippen LogP contribution >= 0.6 is 0 Å². The molecule has 0 saturated carbocycles. The summed E-state index contributed by atoms with van der Waals surface area (Å²) in [5.74, 6) is 1.55. The van der Waals surface area contributed by atoms with Gasteiger partial charge in [-0.1, -0.05) is 25.0 Å². The number of anilines is 1. The van der Waals surface area contributed by atoms with Gasteiger partial charge in [-0.3, -0.25) is 10.00 Å². The fourth-order valence-electron chi connectivity index (χ4n) is 3.43. The first-order valence-corrected chi connectivity index (χ1v) is 8.80. The lowest BCUT2D eigenvalue weighted by Crippen LogP contribution is -2.38. The first-order valence-electron chi connectivity index (χ1n) is 8.80. The number of nitrogens with one attached hydrogen (secondary N) is 1. The van der Waals surface area contributed by atoms with E-state index >= 15 is 0 Å². The molecule has 25 heavy (non-hydrogen) atoms. The van der Waals surface area contributed by atoms with Crippen LogP contribution in [0.15, 0.2) is 30.3 Å². The van der Waals surface area contributed by atoms with E-state index in [1.165, 1.54) is 0 Å². The van der Waals surface area contributed by atoms with Crippen molar-refractivity contribution in [1.29, 1.82) is 0 Å². The summed E-state index contributed by atoms with van der Waals surface area (Å²) < 4.78 is 6.95. The highest BCUT2D eigenvalue weighted by Gasteiger charge is 2.27. The van der Waals surface area contributed by atoms with Crippen LogP contribution in [-0.4, -0.2) is 34.4 Å². The smallest absolute Gasteiger partial charge is 0.323 e. The number of likely N-dealkylation sites (tertiary alicyclic amines) is 1. The Balaban J connectivity index is 1.81. The second-order valence-electron chi connectivity index (χ2n) is 6.56. The van der Waals surface area contributed by atoms with E-state index in [4.69, 9.17) is 4.74 Å². The van der Waals surface area contributed by atoms with E-state index in [-0.39, 0.29) is 12.1 Å². The maximum Gasteiger partial charge on any atom is 0.323 e. The molecule has 2 heterocycles. The number of amides is 2. The van der Waals surface area contributed by atoms with Gasteiger partial charge in [0.25, 0.3) is 0 Å². The second kappa shape index (κ2) is 7.59. The summed E-state index contributed by atoms with van der Waals surface area (Å²) >= 11 is 0. The van der Waals surface area contributed by atoms with Crippen LogP contribution in [0.1, 0.15) is 43.0 Å². The van der Waals surface area contributed by atoms with E-state index in [2.05, 4.69) is 22.5 Å². The van der Waals surface area contributed by atoms with Crippen LogP contribution in [0.4, 0.5) is 10.6 Å². The number of aromatic nitrogens is 2. The zero-order chi connectivity index (χ0) is 17.8. The van der Waals surface area contributed by atoms with E-state index in [9.17, 15) is 4.79 Å². The number of aryl methyl sites for hydroxylation is 2. The van der Waals surface area contributed by atoms with Gasteiger partial charge >= 0.3 is 6.03 Å². The zero-order valence-electron chi connectivity index (χ0n) is 15.2. The third kappa shape index (κ3) is 3.95. The zero-order valence-corrected chi connectivity index (χ0v) is 15.2. The molecule has 1 aliphatic heterocycles. The van der Waals surface area contributed by atoms with Crippen LogP contribution in [0.2, 0.25) is 0 Å². The number of rotatable bonds is 3. The average Bonchev–Trinajstić information content (AvgIpc) is 2.80. The summed E-state index contributed by atoms with van der Waals surface area (Å²) in [6, 6.07) is 9.94. The monoisotopic (exact) mass is 342 g/mol. The quantitative estimate of drug-likeness (QED) is 0.921. The lowest BCUT2D eigenvalue weighted by molar-refractivity contribution is 0.189. The summed E-state index contributed by atoms with van der Waals surface area (Å²) in [6.45, 7) is 2.68. The number of carbonyl (C=O) groups is 1. The molecule has 134 valence electrons. The molecule has 0 bridgehead atoms. The van der Waals surface area contributed by atoms with Gasteiger partial charge in [-0.15, -0.1) is 0 Å². The molecule has 0 aliphatic carbocycles. The van der Waals surface area contributed by atoms with E-state index < -0.39 is 0 Å². The summed E-state index contributed by atoms with van der Waals surface area (Å²) in [6.07, 6.45) is 4.29. The second-order valence-corrected chi connectivity index (χ2v) is 6.56. The van der Waals surface area contributed by atoms with Crippen molar-refractivity contribution >= 4 is 11.8 Å². The first kappa shape index (κ1) is 17.3. The molecule has 1 atom stereocenters. The normalized spacial score (nSPS) is 17.9. The van der Waals surface area contributed by atoms with E-state index in [0.29, 0.717) is 0 Å². The summed E-state index contributed by atoms with van der Waals surface area (Å²) in [7, 11) is 3.50. The van der Waals surface area contributed by atoms with Gasteiger partial charge in [0.2, 0.25) is 0 Å². The maximum absolute atomic E-state index is 12.9. The molecule has 0 radical (unpaired) electrons. The Hall–Kier alpha value is -2.50. The molecule has 6 nitrogen and oxygen atoms in total. The molecule has 1 N–H and O–H groups in total. The topological polar surface area (TPSA) is 59.4 Å². The van der Waals surface area contributed by atoms with E-state index in [0.717, 1.165) is 55.1 Å². The average molecular weight is 342 g/mol. The predicted octanol–water partition coefficient (Wildman–Crippen LogP) is 3.89. The Morgan fingerprint density at radius 3 is 2.64 bits per heavy atom. The number of methoxy groups -OCH3 is 1. The lowest BCUT2D eigenvalue weighted by atomic mass is 10.0. The van der Waals surface area contributed by atoms with Crippen LogP contribution in [0.3, 0.4) is 0 Å². The van der Waals surface area contributed by atoms with Gasteiger partial charge in [0.15, 0.2) is 0 Å². The van der Waals surface area contributed by atoms with Crippen molar-refractivity contribution in [2.45, 2.75) is 38.6 Å². The van der Waals surface area contributed by atoms with Crippen LogP contribution in [-0.2, 0) is 7.05 Å². The Morgan fingerprint density at radius 1 is 1.24 bits per heavy atom. The minimum Gasteiger partial charge on any atom is -0.497 e. The predicted molar refractivity (Wildman–Crippen MR) is 97.9 cm³/mol. The maximum atomic E-state index is 12.9.